The fraction of sp³-hybridized carbons (Fsp3) is 0.818. The third kappa shape index (κ3) is 3.40. The smallest absolute Gasteiger partial charge is 0.408 e. The molecule has 0 aromatic carbocycles. The summed E-state index contributed by atoms with van der Waals surface area (Å²) >= 11 is 0. The van der Waals surface area contributed by atoms with Crippen LogP contribution in [0.2, 0.25) is 0 Å². The Bertz CT molecular complexity index is 256. The minimum Gasteiger partial charge on any atom is -0.465 e. The van der Waals surface area contributed by atoms with E-state index in [1.165, 1.54) is 17.7 Å². The highest BCUT2D eigenvalue weighted by Crippen LogP contribution is 2.10. The van der Waals surface area contributed by atoms with Gasteiger partial charge < -0.3 is 10.4 Å². The first-order valence-electron chi connectivity index (χ1n) is 5.94. The van der Waals surface area contributed by atoms with Gasteiger partial charge in [0.05, 0.1) is 0 Å². The van der Waals surface area contributed by atoms with Gasteiger partial charge in [-0.15, -0.1) is 0 Å². The maximum atomic E-state index is 11.1. The summed E-state index contributed by atoms with van der Waals surface area (Å²) in [4.78, 5) is 23.3. The zero-order chi connectivity index (χ0) is 12.0. The lowest BCUT2D eigenvalue weighted by Gasteiger charge is -2.34. The zero-order valence-corrected chi connectivity index (χ0v) is 9.74. The van der Waals surface area contributed by atoms with Crippen LogP contribution >= 0.6 is 0 Å². The molecule has 1 heterocycles. The normalized spacial score (nSPS) is 18.8. The summed E-state index contributed by atoms with van der Waals surface area (Å²) in [5.41, 5.74) is 0. The number of hydrogen-bond donors (Lipinski definition) is 2. The molecular weight excluding hydrogens is 208 g/mol. The molecule has 0 radical (unpaired) electrons. The molecule has 16 heavy (non-hydrogen) atoms. The molecule has 0 aliphatic carbocycles. The summed E-state index contributed by atoms with van der Waals surface area (Å²) in [5, 5.41) is 11.5. The van der Waals surface area contributed by atoms with E-state index < -0.39 is 12.1 Å². The number of carbonyl (C=O) groups is 2. The maximum Gasteiger partial charge on any atom is 0.408 e. The van der Waals surface area contributed by atoms with E-state index in [0.29, 0.717) is 13.1 Å². The summed E-state index contributed by atoms with van der Waals surface area (Å²) in [6.07, 6.45) is 4.39. The van der Waals surface area contributed by atoms with Crippen molar-refractivity contribution in [2.75, 3.05) is 13.1 Å². The first-order chi connectivity index (χ1) is 7.66. The molecule has 0 aromatic heterocycles. The topological polar surface area (TPSA) is 69.6 Å². The van der Waals surface area contributed by atoms with E-state index in [-0.39, 0.29) is 5.91 Å². The number of rotatable bonds is 7. The maximum absolute atomic E-state index is 11.1. The Kier molecular flexibility index (Phi) is 5.08. The van der Waals surface area contributed by atoms with E-state index in [1.54, 1.807) is 0 Å². The van der Waals surface area contributed by atoms with Crippen LogP contribution in [-0.4, -0.2) is 41.1 Å². The molecule has 5 heteroatoms. The molecule has 0 saturated carbocycles. The Labute approximate surface area is 95.8 Å². The van der Waals surface area contributed by atoms with Gasteiger partial charge in [-0.3, -0.25) is 9.69 Å². The molecule has 1 fully saturated rings. The molecule has 2 amide bonds. The van der Waals surface area contributed by atoms with Gasteiger partial charge in [0.2, 0.25) is 5.91 Å². The van der Waals surface area contributed by atoms with Crippen molar-refractivity contribution in [3.8, 4) is 0 Å². The van der Waals surface area contributed by atoms with Crippen molar-refractivity contribution < 1.29 is 14.7 Å². The molecule has 0 aromatic rings. The van der Waals surface area contributed by atoms with Gasteiger partial charge in [0.25, 0.3) is 0 Å². The molecule has 1 aliphatic rings. The molecule has 1 atom stereocenters. The number of nitrogens with one attached hydrogen (secondary N) is 1. The average Bonchev–Trinajstić information content (AvgIpc) is 2.24. The van der Waals surface area contributed by atoms with Crippen molar-refractivity contribution in [1.82, 2.24) is 10.2 Å². The van der Waals surface area contributed by atoms with Crippen LogP contribution in [0.5, 0.6) is 0 Å². The quantitative estimate of drug-likeness (QED) is 0.511. The van der Waals surface area contributed by atoms with Gasteiger partial charge in [-0.05, 0) is 6.42 Å². The lowest BCUT2D eigenvalue weighted by Crippen LogP contribution is -2.63. The first-order valence-corrected chi connectivity index (χ1v) is 5.94. The highest BCUT2D eigenvalue weighted by atomic mass is 16.4. The predicted molar refractivity (Wildman–Crippen MR) is 60.3 cm³/mol. The van der Waals surface area contributed by atoms with E-state index in [0.717, 1.165) is 19.3 Å². The number of unbranched alkanes of at least 4 members (excludes halogenated alkanes) is 4. The van der Waals surface area contributed by atoms with Crippen molar-refractivity contribution >= 4 is 12.0 Å². The van der Waals surface area contributed by atoms with Crippen LogP contribution in [0.15, 0.2) is 0 Å². The van der Waals surface area contributed by atoms with Crippen LogP contribution in [0.1, 0.15) is 39.0 Å². The average molecular weight is 228 g/mol. The minimum absolute atomic E-state index is 0.170. The van der Waals surface area contributed by atoms with Gasteiger partial charge >= 0.3 is 6.09 Å². The summed E-state index contributed by atoms with van der Waals surface area (Å²) < 4.78 is 0. The van der Waals surface area contributed by atoms with Gasteiger partial charge in [0, 0.05) is 13.1 Å². The standard InChI is InChI=1S/C11H20N2O3/c1-2-3-4-5-6-7-13(11(15)16)9-8-12-10(9)14/h9H,2-8H2,1H3,(H,12,14)(H,15,16)/t9-/m1/s1. The third-order valence-electron chi connectivity index (χ3n) is 2.90. The zero-order valence-electron chi connectivity index (χ0n) is 9.74. The van der Waals surface area contributed by atoms with Crippen molar-refractivity contribution in [3.63, 3.8) is 0 Å². The second kappa shape index (κ2) is 6.35. The van der Waals surface area contributed by atoms with E-state index in [1.807, 2.05) is 0 Å². The minimum atomic E-state index is -0.990. The van der Waals surface area contributed by atoms with E-state index in [2.05, 4.69) is 12.2 Å². The van der Waals surface area contributed by atoms with Crippen LogP contribution in [0.3, 0.4) is 0 Å². The largest absolute Gasteiger partial charge is 0.465 e. The Hall–Kier alpha value is -1.26. The highest BCUT2D eigenvalue weighted by molar-refractivity contribution is 5.90. The second-order valence-corrected chi connectivity index (χ2v) is 4.15. The molecule has 1 aliphatic heterocycles. The molecule has 0 unspecified atom stereocenters. The number of β-lactam (4-membered cyclic amide) rings is 1. The number of amides is 2. The molecule has 5 nitrogen and oxygen atoms in total. The fourth-order valence-electron chi connectivity index (χ4n) is 1.80. The third-order valence-corrected chi connectivity index (χ3v) is 2.90. The van der Waals surface area contributed by atoms with Crippen LogP contribution < -0.4 is 5.32 Å². The van der Waals surface area contributed by atoms with Gasteiger partial charge in [-0.2, -0.15) is 0 Å². The Morgan fingerprint density at radius 1 is 1.44 bits per heavy atom. The SMILES string of the molecule is CCCCCCCN(C(=O)O)[C@@H]1CNC1=O. The number of hydrogen-bond acceptors (Lipinski definition) is 2. The first kappa shape index (κ1) is 12.8. The van der Waals surface area contributed by atoms with Crippen LogP contribution in [0.25, 0.3) is 0 Å². The van der Waals surface area contributed by atoms with E-state index in [4.69, 9.17) is 5.11 Å². The number of carbonyl (C=O) groups excluding carboxylic acids is 1. The highest BCUT2D eigenvalue weighted by Gasteiger charge is 2.35. The number of nitrogens with zero attached hydrogens (tertiary/aromatic N) is 1. The van der Waals surface area contributed by atoms with Crippen molar-refractivity contribution in [2.45, 2.75) is 45.1 Å². The Balaban J connectivity index is 2.24. The fourth-order valence-corrected chi connectivity index (χ4v) is 1.80. The lowest BCUT2D eigenvalue weighted by atomic mass is 10.1. The second-order valence-electron chi connectivity index (χ2n) is 4.15. The molecule has 92 valence electrons. The molecule has 1 rings (SSSR count). The number of carboxylic acid groups (broad SMARTS) is 1. The van der Waals surface area contributed by atoms with Crippen molar-refractivity contribution in [2.24, 2.45) is 0 Å². The molecule has 0 spiro atoms. The van der Waals surface area contributed by atoms with Gasteiger partial charge in [0.15, 0.2) is 0 Å². The van der Waals surface area contributed by atoms with Crippen LogP contribution in [0, 0.1) is 0 Å². The summed E-state index contributed by atoms with van der Waals surface area (Å²) in [7, 11) is 0. The van der Waals surface area contributed by atoms with E-state index in [9.17, 15) is 9.59 Å². The molecule has 2 N–H and O–H groups in total. The molecule has 1 saturated heterocycles. The summed E-state index contributed by atoms with van der Waals surface area (Å²) in [5.74, 6) is -0.170. The lowest BCUT2D eigenvalue weighted by molar-refractivity contribution is -0.132. The van der Waals surface area contributed by atoms with Crippen molar-refractivity contribution in [1.29, 1.82) is 0 Å². The summed E-state index contributed by atoms with van der Waals surface area (Å²) in [6.45, 7) is 3.07. The van der Waals surface area contributed by atoms with Gasteiger partial charge in [0.1, 0.15) is 6.04 Å². The Morgan fingerprint density at radius 2 is 2.12 bits per heavy atom. The Morgan fingerprint density at radius 3 is 2.56 bits per heavy atom. The van der Waals surface area contributed by atoms with Gasteiger partial charge in [-0.25, -0.2) is 4.79 Å². The molecule has 0 bridgehead atoms. The monoisotopic (exact) mass is 228 g/mol. The summed E-state index contributed by atoms with van der Waals surface area (Å²) in [6, 6.07) is -0.455. The van der Waals surface area contributed by atoms with Crippen molar-refractivity contribution in [3.05, 3.63) is 0 Å². The van der Waals surface area contributed by atoms with E-state index >= 15 is 0 Å². The van der Waals surface area contributed by atoms with Gasteiger partial charge in [-0.1, -0.05) is 32.6 Å². The molecular formula is C11H20N2O3. The predicted octanol–water partition coefficient (Wildman–Crippen LogP) is 1.44. The van der Waals surface area contributed by atoms with Crippen LogP contribution in [0.4, 0.5) is 4.79 Å². The van der Waals surface area contributed by atoms with Crippen LogP contribution in [-0.2, 0) is 4.79 Å².